The zero-order valence-corrected chi connectivity index (χ0v) is 13.5. The van der Waals surface area contributed by atoms with Crippen LogP contribution in [0.15, 0.2) is 51.9 Å². The normalized spacial score (nSPS) is 10.8. The first-order valence-corrected chi connectivity index (χ1v) is 7.66. The Kier molecular flexibility index (Phi) is 3.85. The molecular weight excluding hydrogens is 346 g/mol. The maximum atomic E-state index is 12.3. The molecule has 112 valence electrons. The van der Waals surface area contributed by atoms with Gasteiger partial charge in [0.15, 0.2) is 0 Å². The van der Waals surface area contributed by atoms with Crippen LogP contribution in [0.5, 0.6) is 0 Å². The summed E-state index contributed by atoms with van der Waals surface area (Å²) < 4.78 is 2.49. The van der Waals surface area contributed by atoms with Crippen LogP contribution >= 0.6 is 15.9 Å². The number of pyridine rings is 1. The van der Waals surface area contributed by atoms with Crippen molar-refractivity contribution >= 4 is 38.4 Å². The molecule has 0 saturated heterocycles. The van der Waals surface area contributed by atoms with E-state index in [0.717, 1.165) is 15.4 Å². The van der Waals surface area contributed by atoms with Gasteiger partial charge in [-0.15, -0.1) is 0 Å². The van der Waals surface area contributed by atoms with Crippen LogP contribution in [0.3, 0.4) is 0 Å². The van der Waals surface area contributed by atoms with E-state index in [-0.39, 0.29) is 11.5 Å². The van der Waals surface area contributed by atoms with Crippen LogP contribution < -0.4 is 10.9 Å². The van der Waals surface area contributed by atoms with E-state index in [1.807, 2.05) is 25.1 Å². The molecule has 0 unspecified atom stereocenters. The highest BCUT2D eigenvalue weighted by molar-refractivity contribution is 9.10. The van der Waals surface area contributed by atoms with Crippen molar-refractivity contribution < 1.29 is 4.79 Å². The summed E-state index contributed by atoms with van der Waals surface area (Å²) in [7, 11) is 0. The van der Waals surface area contributed by atoms with Crippen molar-refractivity contribution in [1.29, 1.82) is 0 Å². The lowest BCUT2D eigenvalue weighted by molar-refractivity contribution is 0.102. The van der Waals surface area contributed by atoms with E-state index in [4.69, 9.17) is 0 Å². The third-order valence-electron chi connectivity index (χ3n) is 3.41. The molecule has 3 rings (SSSR count). The molecule has 0 radical (unpaired) electrons. The number of nitrogens with one attached hydrogen (secondary N) is 2. The summed E-state index contributed by atoms with van der Waals surface area (Å²) in [6.07, 6.45) is 1.64. The average molecular weight is 360 g/mol. The van der Waals surface area contributed by atoms with Gasteiger partial charge in [0, 0.05) is 34.2 Å². The number of halogens is 1. The second kappa shape index (κ2) is 5.81. The number of nitrogens with zero attached hydrogens (tertiary/aromatic N) is 1. The fourth-order valence-electron chi connectivity index (χ4n) is 2.27. The molecule has 2 N–H and O–H groups in total. The lowest BCUT2D eigenvalue weighted by Crippen LogP contribution is -2.19. The van der Waals surface area contributed by atoms with Crippen molar-refractivity contribution in [3.05, 3.63) is 63.1 Å². The number of benzene rings is 1. The van der Waals surface area contributed by atoms with E-state index < -0.39 is 0 Å². The quantitative estimate of drug-likeness (QED) is 0.752. The Morgan fingerprint density at radius 2 is 2.09 bits per heavy atom. The van der Waals surface area contributed by atoms with Gasteiger partial charge in [-0.1, -0.05) is 22.0 Å². The van der Waals surface area contributed by atoms with Gasteiger partial charge in [-0.3, -0.25) is 9.59 Å². The van der Waals surface area contributed by atoms with Gasteiger partial charge >= 0.3 is 0 Å². The molecule has 6 heteroatoms. The molecule has 0 aliphatic heterocycles. The number of carbonyl (C=O) groups excluding carboxylic acids is 1. The second-order valence-corrected chi connectivity index (χ2v) is 5.83. The van der Waals surface area contributed by atoms with E-state index in [0.29, 0.717) is 17.9 Å². The predicted octanol–water partition coefficient (Wildman–Crippen LogP) is 3.36. The third-order valence-corrected chi connectivity index (χ3v) is 3.90. The fraction of sp³-hybridized carbons (Fsp3) is 0.125. The van der Waals surface area contributed by atoms with E-state index in [1.54, 1.807) is 18.3 Å². The highest BCUT2D eigenvalue weighted by Crippen LogP contribution is 2.20. The van der Waals surface area contributed by atoms with Crippen molar-refractivity contribution in [2.75, 3.05) is 5.32 Å². The third kappa shape index (κ3) is 2.82. The molecule has 2 heterocycles. The molecule has 0 bridgehead atoms. The molecule has 0 atom stereocenters. The van der Waals surface area contributed by atoms with Gasteiger partial charge < -0.3 is 14.9 Å². The Morgan fingerprint density at radius 1 is 1.27 bits per heavy atom. The number of hydrogen-bond acceptors (Lipinski definition) is 2. The molecule has 0 aliphatic rings. The Labute approximate surface area is 135 Å². The van der Waals surface area contributed by atoms with Gasteiger partial charge in [0.05, 0.1) is 5.69 Å². The monoisotopic (exact) mass is 359 g/mol. The molecule has 0 fully saturated rings. The average Bonchev–Trinajstić information content (AvgIpc) is 2.92. The molecule has 2 aromatic heterocycles. The summed E-state index contributed by atoms with van der Waals surface area (Å²) in [6.45, 7) is 2.44. The van der Waals surface area contributed by atoms with Gasteiger partial charge in [0.2, 0.25) is 0 Å². The van der Waals surface area contributed by atoms with Crippen molar-refractivity contribution in [2.45, 2.75) is 13.5 Å². The van der Waals surface area contributed by atoms with Gasteiger partial charge in [-0.05, 0) is 31.2 Å². The number of hydrogen-bond donors (Lipinski definition) is 2. The number of aromatic amines is 1. The highest BCUT2D eigenvalue weighted by atomic mass is 79.9. The number of rotatable bonds is 3. The minimum absolute atomic E-state index is 0.0871. The molecule has 0 spiro atoms. The number of aromatic nitrogens is 2. The maximum Gasteiger partial charge on any atom is 0.272 e. The second-order valence-electron chi connectivity index (χ2n) is 4.91. The van der Waals surface area contributed by atoms with Crippen molar-refractivity contribution in [3.63, 3.8) is 0 Å². The minimum atomic E-state index is -0.242. The largest absolute Gasteiger partial charge is 0.350 e. The van der Waals surface area contributed by atoms with Crippen LogP contribution in [-0.2, 0) is 6.54 Å². The number of fused-ring (bicyclic) bond motifs is 1. The zero-order valence-electron chi connectivity index (χ0n) is 11.9. The maximum absolute atomic E-state index is 12.3. The molecule has 3 aromatic rings. The Bertz CT molecular complexity index is 911. The smallest absolute Gasteiger partial charge is 0.272 e. The van der Waals surface area contributed by atoms with Crippen LogP contribution in [0.2, 0.25) is 0 Å². The predicted molar refractivity (Wildman–Crippen MR) is 90.3 cm³/mol. The molecule has 1 aromatic carbocycles. The van der Waals surface area contributed by atoms with Gasteiger partial charge in [-0.2, -0.15) is 0 Å². The van der Waals surface area contributed by atoms with E-state index >= 15 is 0 Å². The van der Waals surface area contributed by atoms with E-state index in [9.17, 15) is 9.59 Å². The van der Waals surface area contributed by atoms with Crippen LogP contribution in [-0.4, -0.2) is 15.5 Å². The lowest BCUT2D eigenvalue weighted by Gasteiger charge is -2.06. The SMILES string of the molecule is CCn1cc(NC(=O)c2cc3ccc(Br)cc3[nH]2)ccc1=O. The first-order chi connectivity index (χ1) is 10.6. The van der Waals surface area contributed by atoms with Crippen LogP contribution in [0, 0.1) is 0 Å². The summed E-state index contributed by atoms with van der Waals surface area (Å²) in [5, 5.41) is 3.76. The molecular formula is C16H14BrN3O2. The summed E-state index contributed by atoms with van der Waals surface area (Å²) in [5.41, 5.74) is 1.86. The number of carbonyl (C=O) groups is 1. The summed E-state index contributed by atoms with van der Waals surface area (Å²) in [4.78, 5) is 26.9. The number of amides is 1. The molecule has 22 heavy (non-hydrogen) atoms. The van der Waals surface area contributed by atoms with E-state index in [2.05, 4.69) is 26.2 Å². The minimum Gasteiger partial charge on any atom is -0.350 e. The first kappa shape index (κ1) is 14.6. The fourth-order valence-corrected chi connectivity index (χ4v) is 2.63. The summed E-state index contributed by atoms with van der Waals surface area (Å²) in [6, 6.07) is 10.6. The zero-order chi connectivity index (χ0) is 15.7. The lowest BCUT2D eigenvalue weighted by atomic mass is 10.2. The van der Waals surface area contributed by atoms with Crippen LogP contribution in [0.25, 0.3) is 10.9 Å². The van der Waals surface area contributed by atoms with Gasteiger partial charge in [-0.25, -0.2) is 0 Å². The van der Waals surface area contributed by atoms with Gasteiger partial charge in [0.25, 0.3) is 11.5 Å². The standard InChI is InChI=1S/C16H14BrN3O2/c1-2-20-9-12(5-6-15(20)21)18-16(22)14-7-10-3-4-11(17)8-13(10)19-14/h3-9,19H,2H2,1H3,(H,18,22). The van der Waals surface area contributed by atoms with Crippen molar-refractivity contribution in [2.24, 2.45) is 0 Å². The van der Waals surface area contributed by atoms with Crippen molar-refractivity contribution in [1.82, 2.24) is 9.55 Å². The van der Waals surface area contributed by atoms with Crippen LogP contribution in [0.1, 0.15) is 17.4 Å². The number of H-pyrrole nitrogens is 1. The first-order valence-electron chi connectivity index (χ1n) is 6.87. The van der Waals surface area contributed by atoms with E-state index in [1.165, 1.54) is 10.6 Å². The molecule has 5 nitrogen and oxygen atoms in total. The number of anilines is 1. The molecule has 0 aliphatic carbocycles. The number of aryl methyl sites for hydroxylation is 1. The molecule has 1 amide bonds. The van der Waals surface area contributed by atoms with Gasteiger partial charge in [0.1, 0.15) is 5.69 Å². The van der Waals surface area contributed by atoms with Crippen molar-refractivity contribution in [3.8, 4) is 0 Å². The van der Waals surface area contributed by atoms with Crippen LogP contribution in [0.4, 0.5) is 5.69 Å². The Balaban J connectivity index is 1.88. The molecule has 0 saturated carbocycles. The summed E-state index contributed by atoms with van der Waals surface area (Å²) in [5.74, 6) is -0.242. The Hall–Kier alpha value is -2.34. The highest BCUT2D eigenvalue weighted by Gasteiger charge is 2.10. The Morgan fingerprint density at radius 3 is 2.86 bits per heavy atom. The summed E-state index contributed by atoms with van der Waals surface area (Å²) >= 11 is 3.40. The topological polar surface area (TPSA) is 66.9 Å².